The van der Waals surface area contributed by atoms with Gasteiger partial charge in [0, 0.05) is 49.7 Å². The number of nitrogens with zero attached hydrogens (tertiary/aromatic N) is 4. The first-order valence-electron chi connectivity index (χ1n) is 8.51. The summed E-state index contributed by atoms with van der Waals surface area (Å²) in [7, 11) is 0. The van der Waals surface area contributed by atoms with Gasteiger partial charge < -0.3 is 15.5 Å². The van der Waals surface area contributed by atoms with E-state index in [1.165, 1.54) is 17.0 Å². The third kappa shape index (κ3) is 5.29. The number of piperazine rings is 1. The summed E-state index contributed by atoms with van der Waals surface area (Å²) in [4.78, 5) is 14.6. The third-order valence-electron chi connectivity index (χ3n) is 4.41. The summed E-state index contributed by atoms with van der Waals surface area (Å²) in [6, 6.07) is 6.64. The highest BCUT2D eigenvalue weighted by Gasteiger charge is 2.18. The number of anilines is 1. The first kappa shape index (κ1) is 20.9. The molecule has 5 nitrogen and oxygen atoms in total. The number of hydrogen-bond acceptors (Lipinski definition) is 4. The molecule has 2 heterocycles. The molecule has 0 radical (unpaired) electrons. The van der Waals surface area contributed by atoms with Gasteiger partial charge in [-0.2, -0.15) is 0 Å². The minimum absolute atomic E-state index is 0. The second-order valence-corrected chi connectivity index (χ2v) is 7.47. The number of aryl methyl sites for hydroxylation is 2. The quantitative estimate of drug-likeness (QED) is 0.407. The van der Waals surface area contributed by atoms with Gasteiger partial charge in [-0.05, 0) is 38.1 Å². The number of aromatic nitrogens is 1. The lowest BCUT2D eigenvalue weighted by Gasteiger charge is -2.36. The highest BCUT2D eigenvalue weighted by Crippen LogP contribution is 2.18. The molecule has 0 bridgehead atoms. The Morgan fingerprint density at radius 1 is 1.19 bits per heavy atom. The lowest BCUT2D eigenvalue weighted by atomic mass is 10.2. The van der Waals surface area contributed by atoms with Gasteiger partial charge in [-0.1, -0.05) is 0 Å². The molecule has 1 aliphatic heterocycles. The van der Waals surface area contributed by atoms with E-state index >= 15 is 0 Å². The van der Waals surface area contributed by atoms with Crippen LogP contribution in [0.4, 0.5) is 10.1 Å². The van der Waals surface area contributed by atoms with Crippen LogP contribution in [-0.2, 0) is 6.42 Å². The Kier molecular flexibility index (Phi) is 7.63. The van der Waals surface area contributed by atoms with Crippen LogP contribution in [-0.4, -0.2) is 48.6 Å². The van der Waals surface area contributed by atoms with Gasteiger partial charge in [-0.3, -0.25) is 4.99 Å². The van der Waals surface area contributed by atoms with Crippen LogP contribution in [0.3, 0.4) is 0 Å². The average molecular weight is 489 g/mol. The van der Waals surface area contributed by atoms with Gasteiger partial charge in [0.1, 0.15) is 5.82 Å². The van der Waals surface area contributed by atoms with Crippen molar-refractivity contribution < 1.29 is 4.39 Å². The maximum Gasteiger partial charge on any atom is 0.191 e. The molecular formula is C18H25FIN5S. The Morgan fingerprint density at radius 2 is 1.85 bits per heavy atom. The Hall–Kier alpha value is -1.42. The highest BCUT2D eigenvalue weighted by molar-refractivity contribution is 14.0. The minimum atomic E-state index is -0.204. The molecular weight excluding hydrogens is 464 g/mol. The maximum absolute atomic E-state index is 13.0. The van der Waals surface area contributed by atoms with Crippen LogP contribution in [0.15, 0.2) is 29.3 Å². The Bertz CT molecular complexity index is 739. The smallest absolute Gasteiger partial charge is 0.191 e. The van der Waals surface area contributed by atoms with Crippen LogP contribution in [0.2, 0.25) is 0 Å². The molecule has 1 saturated heterocycles. The molecule has 8 heteroatoms. The highest BCUT2D eigenvalue weighted by atomic mass is 127. The number of halogens is 2. The van der Waals surface area contributed by atoms with E-state index in [-0.39, 0.29) is 29.8 Å². The molecule has 0 saturated carbocycles. The molecule has 2 aromatic rings. The summed E-state index contributed by atoms with van der Waals surface area (Å²) in [5.41, 5.74) is 8.31. The number of benzene rings is 1. The number of guanidine groups is 1. The zero-order valence-corrected chi connectivity index (χ0v) is 18.3. The van der Waals surface area contributed by atoms with Crippen molar-refractivity contribution in [2.45, 2.75) is 20.3 Å². The van der Waals surface area contributed by atoms with Crippen molar-refractivity contribution in [3.63, 3.8) is 0 Å². The zero-order valence-electron chi connectivity index (χ0n) is 15.1. The van der Waals surface area contributed by atoms with Gasteiger partial charge in [0.05, 0.1) is 10.7 Å². The fourth-order valence-corrected chi connectivity index (χ4v) is 3.95. The average Bonchev–Trinajstić information content (AvgIpc) is 2.93. The van der Waals surface area contributed by atoms with E-state index in [4.69, 9.17) is 5.73 Å². The summed E-state index contributed by atoms with van der Waals surface area (Å²) in [6.45, 7) is 8.12. The molecule has 1 aliphatic rings. The second-order valence-electron chi connectivity index (χ2n) is 6.18. The van der Waals surface area contributed by atoms with E-state index < -0.39 is 0 Å². The van der Waals surface area contributed by atoms with Crippen molar-refractivity contribution in [1.82, 2.24) is 9.88 Å². The van der Waals surface area contributed by atoms with E-state index in [9.17, 15) is 4.39 Å². The first-order chi connectivity index (χ1) is 12.0. The van der Waals surface area contributed by atoms with Crippen LogP contribution in [0.25, 0.3) is 0 Å². The zero-order chi connectivity index (χ0) is 17.8. The number of rotatable bonds is 4. The molecule has 2 N–H and O–H groups in total. The molecule has 0 amide bonds. The lowest BCUT2D eigenvalue weighted by molar-refractivity contribution is 0.381. The van der Waals surface area contributed by atoms with Crippen LogP contribution in [0.1, 0.15) is 15.6 Å². The summed E-state index contributed by atoms with van der Waals surface area (Å²) < 4.78 is 13.0. The van der Waals surface area contributed by atoms with Crippen LogP contribution < -0.4 is 10.6 Å². The minimum Gasteiger partial charge on any atom is -0.370 e. The van der Waals surface area contributed by atoms with Crippen LogP contribution in [0, 0.1) is 19.7 Å². The van der Waals surface area contributed by atoms with Crippen molar-refractivity contribution in [2.24, 2.45) is 10.7 Å². The molecule has 3 rings (SSSR count). The predicted octanol–water partition coefficient (Wildman–Crippen LogP) is 3.20. The maximum atomic E-state index is 13.0. The summed E-state index contributed by atoms with van der Waals surface area (Å²) >= 11 is 1.73. The van der Waals surface area contributed by atoms with Crippen molar-refractivity contribution >= 4 is 47.0 Å². The molecule has 0 unspecified atom stereocenters. The number of nitrogens with two attached hydrogens (primary N) is 1. The van der Waals surface area contributed by atoms with Crippen molar-refractivity contribution in [3.05, 3.63) is 45.7 Å². The molecule has 26 heavy (non-hydrogen) atoms. The summed E-state index contributed by atoms with van der Waals surface area (Å²) in [5, 5.41) is 1.10. The van der Waals surface area contributed by atoms with E-state index in [1.54, 1.807) is 11.3 Å². The Balaban J connectivity index is 0.00000243. The molecule has 1 aromatic carbocycles. The first-order valence-corrected chi connectivity index (χ1v) is 9.33. The standard InChI is InChI=1S/C18H24FN5S.HI/c1-13-17(25-14(2)22-13)7-8-21-18(20)24-11-9-23(10-12-24)16-5-3-15(19)4-6-16;/h3-6H,7-12H2,1-2H3,(H2,20,21);1H. The van der Waals surface area contributed by atoms with Crippen LogP contribution in [0.5, 0.6) is 0 Å². The van der Waals surface area contributed by atoms with Gasteiger partial charge >= 0.3 is 0 Å². The second kappa shape index (κ2) is 9.50. The van der Waals surface area contributed by atoms with E-state index in [1.807, 2.05) is 26.0 Å². The SMILES string of the molecule is Cc1nc(C)c(CCN=C(N)N2CCN(c3ccc(F)cc3)CC2)s1.I. The predicted molar refractivity (Wildman–Crippen MR) is 117 cm³/mol. The van der Waals surface area contributed by atoms with Crippen molar-refractivity contribution in [1.29, 1.82) is 0 Å². The molecule has 1 aromatic heterocycles. The molecule has 0 spiro atoms. The van der Waals surface area contributed by atoms with Crippen molar-refractivity contribution in [3.8, 4) is 0 Å². The molecule has 0 aliphatic carbocycles. The Morgan fingerprint density at radius 3 is 2.42 bits per heavy atom. The number of hydrogen-bond donors (Lipinski definition) is 1. The fraction of sp³-hybridized carbons (Fsp3) is 0.444. The number of thiazole rings is 1. The molecule has 1 fully saturated rings. The van der Waals surface area contributed by atoms with Gasteiger partial charge in [0.2, 0.25) is 0 Å². The largest absolute Gasteiger partial charge is 0.370 e. The summed E-state index contributed by atoms with van der Waals surface area (Å²) in [6.07, 6.45) is 0.883. The molecule has 0 atom stereocenters. The fourth-order valence-electron chi connectivity index (χ4n) is 3.02. The van der Waals surface area contributed by atoms with E-state index in [0.717, 1.165) is 49.0 Å². The van der Waals surface area contributed by atoms with E-state index in [2.05, 4.69) is 19.8 Å². The van der Waals surface area contributed by atoms with Gasteiger partial charge in [-0.25, -0.2) is 9.37 Å². The Labute approximate surface area is 175 Å². The normalized spacial score (nSPS) is 15.1. The summed E-state index contributed by atoms with van der Waals surface area (Å²) in [5.74, 6) is 0.405. The van der Waals surface area contributed by atoms with Gasteiger partial charge in [0.25, 0.3) is 0 Å². The van der Waals surface area contributed by atoms with Crippen molar-refractivity contribution in [2.75, 3.05) is 37.6 Å². The van der Waals surface area contributed by atoms with Gasteiger partial charge in [-0.15, -0.1) is 35.3 Å². The number of aliphatic imine (C=N–C) groups is 1. The lowest BCUT2D eigenvalue weighted by Crippen LogP contribution is -2.51. The third-order valence-corrected chi connectivity index (χ3v) is 5.54. The van der Waals surface area contributed by atoms with Gasteiger partial charge in [0.15, 0.2) is 5.96 Å². The van der Waals surface area contributed by atoms with Crippen LogP contribution >= 0.6 is 35.3 Å². The van der Waals surface area contributed by atoms with E-state index in [0.29, 0.717) is 12.5 Å². The molecule has 142 valence electrons. The topological polar surface area (TPSA) is 57.8 Å². The monoisotopic (exact) mass is 489 g/mol.